The Bertz CT molecular complexity index is 2440. The van der Waals surface area contributed by atoms with Crippen LogP contribution in [-0.4, -0.2) is 44.9 Å². The van der Waals surface area contributed by atoms with Gasteiger partial charge < -0.3 is 40.1 Å². The lowest BCUT2D eigenvalue weighted by Gasteiger charge is -2.12. The van der Waals surface area contributed by atoms with Crippen molar-refractivity contribution in [2.45, 2.75) is 267 Å². The quantitative estimate of drug-likeness (QED) is 0.0634. The third-order valence-electron chi connectivity index (χ3n) is 14.2. The van der Waals surface area contributed by atoms with E-state index in [1.165, 1.54) is 22.3 Å². The third-order valence-corrected chi connectivity index (χ3v) is 14.8. The van der Waals surface area contributed by atoms with Gasteiger partial charge in [-0.2, -0.15) is 0 Å². The second-order valence-electron chi connectivity index (χ2n) is 19.7. The van der Waals surface area contributed by atoms with Crippen LogP contribution >= 0.6 is 23.2 Å². The number of hydrogen-bond acceptors (Lipinski definition) is 8. The maximum absolute atomic E-state index is 9.59. The minimum atomic E-state index is 0. The Morgan fingerprint density at radius 2 is 0.598 bits per heavy atom. The minimum absolute atomic E-state index is 0. The summed E-state index contributed by atoms with van der Waals surface area (Å²) < 4.78 is 9.99. The molecule has 6 aromatic rings. The number of methoxy groups -OCH3 is 2. The summed E-state index contributed by atoms with van der Waals surface area (Å²) in [5.41, 5.74) is 10.1. The molecule has 0 aliphatic rings. The molecule has 8 nitrogen and oxygen atoms in total. The molecule has 0 fully saturated rings. The fraction of sp³-hybridized carbons (Fsp3) is 0.532. The zero-order valence-corrected chi connectivity index (χ0v) is 49.8. The number of aromatic hydroxyl groups is 6. The zero-order chi connectivity index (χ0) is 57.1. The Kier molecular flexibility index (Phi) is 71.2. The van der Waals surface area contributed by atoms with Crippen LogP contribution in [0.3, 0.4) is 0 Å². The molecule has 0 aliphatic carbocycles. The average Bonchev–Trinajstić information content (AvgIpc) is 3.41. The van der Waals surface area contributed by atoms with Crippen molar-refractivity contribution in [2.75, 3.05) is 14.2 Å². The summed E-state index contributed by atoms with van der Waals surface area (Å²) in [6.45, 7) is 31.6. The number of rotatable bonds is 14. The van der Waals surface area contributed by atoms with E-state index in [-0.39, 0.29) is 112 Å². The van der Waals surface area contributed by atoms with Gasteiger partial charge in [-0.25, -0.2) is 0 Å². The molecule has 6 aromatic carbocycles. The normalized spacial score (nSPS) is 11.0. The Hall–Kier alpha value is -5.70. The molecule has 0 spiro atoms. The van der Waals surface area contributed by atoms with E-state index < -0.39 is 0 Å². The Morgan fingerprint density at radius 3 is 0.931 bits per heavy atom. The molecule has 6 rings (SSSR count). The van der Waals surface area contributed by atoms with Crippen molar-refractivity contribution < 1.29 is 40.1 Å². The summed E-state index contributed by atoms with van der Waals surface area (Å²) in [5, 5.41) is 57.2. The maximum atomic E-state index is 9.59. The van der Waals surface area contributed by atoms with Crippen LogP contribution in [0.15, 0.2) is 103 Å². The van der Waals surface area contributed by atoms with Crippen LogP contribution in [0.2, 0.25) is 10.0 Å². The van der Waals surface area contributed by atoms with Crippen LogP contribution in [0.5, 0.6) is 46.0 Å². The molecule has 6 unspecified atom stereocenters. The first-order valence-corrected chi connectivity index (χ1v) is 27.4. The van der Waals surface area contributed by atoms with Crippen LogP contribution in [-0.2, 0) is 0 Å². The largest absolute Gasteiger partial charge is 0.508 e. The van der Waals surface area contributed by atoms with Gasteiger partial charge in [0.2, 0.25) is 0 Å². The standard InChI is InChI=1S/C12H18O.2C11H16O2.C11H16O.2C10H13ClO.12CH4/c1-5-8(2)11-6-9(3)12(13)10(4)7-11;1-4-8(2)9-5-6-11(13-3)10(12)7-9;1-4-8(2)9-5-6-10(12)11(7-9)13-3;1-4-8(2)10-6-5-9(3)11(12)7-10;1-3-7(2)8-4-5-10(12)9(11)6-8;1-3-7(2)8-4-5-9(11)10(12)6-8;;;;;;;;;;;;/h6-8,13H,5H2,1-4H3;2*5-8,12H,4H2,1-3H3;5-8,12H,4H2,1-3H3;2*4-7,12H,3H2,1-2H3;12*1H4. The smallest absolute Gasteiger partial charge is 0.160 e. The van der Waals surface area contributed by atoms with E-state index in [1.807, 2.05) is 69.3 Å². The van der Waals surface area contributed by atoms with Crippen LogP contribution < -0.4 is 9.47 Å². The minimum Gasteiger partial charge on any atom is -0.508 e. The summed E-state index contributed by atoms with van der Waals surface area (Å²) in [7, 11) is 3.12. The van der Waals surface area contributed by atoms with E-state index in [9.17, 15) is 25.5 Å². The van der Waals surface area contributed by atoms with Gasteiger partial charge in [-0.05, 0) is 199 Å². The molecule has 510 valence electrons. The van der Waals surface area contributed by atoms with Gasteiger partial charge in [0.25, 0.3) is 0 Å². The summed E-state index contributed by atoms with van der Waals surface area (Å²) in [6.07, 6.45) is 6.58. The molecular weight excluding hydrogens is 1120 g/mol. The number of ether oxygens (including phenoxy) is 2. The summed E-state index contributed by atoms with van der Waals surface area (Å²) in [5.74, 6) is 5.79. The van der Waals surface area contributed by atoms with Gasteiger partial charge in [-0.3, -0.25) is 0 Å². The molecule has 0 bridgehead atoms. The molecule has 0 heterocycles. The molecule has 0 aromatic heterocycles. The van der Waals surface area contributed by atoms with Crippen LogP contribution in [0.4, 0.5) is 0 Å². The molecule has 87 heavy (non-hydrogen) atoms. The lowest BCUT2D eigenvalue weighted by Crippen LogP contribution is -1.93. The van der Waals surface area contributed by atoms with E-state index in [0.717, 1.165) is 66.3 Å². The molecule has 0 radical (unpaired) electrons. The van der Waals surface area contributed by atoms with E-state index in [1.54, 1.807) is 50.6 Å². The average molecular weight is 1260 g/mol. The molecule has 0 saturated heterocycles. The van der Waals surface area contributed by atoms with Crippen LogP contribution in [0.1, 0.15) is 296 Å². The molecule has 6 atom stereocenters. The van der Waals surface area contributed by atoms with Crippen molar-refractivity contribution in [3.05, 3.63) is 163 Å². The first-order chi connectivity index (χ1) is 35.4. The first kappa shape index (κ1) is 109. The van der Waals surface area contributed by atoms with Gasteiger partial charge in [0.05, 0.1) is 24.3 Å². The summed E-state index contributed by atoms with van der Waals surface area (Å²) >= 11 is 11.4. The van der Waals surface area contributed by atoms with Gasteiger partial charge in [-0.15, -0.1) is 0 Å². The van der Waals surface area contributed by atoms with E-state index in [0.29, 0.717) is 68.6 Å². The molecule has 10 heteroatoms. The zero-order valence-electron chi connectivity index (χ0n) is 48.3. The second kappa shape index (κ2) is 56.8. The predicted molar refractivity (Wildman–Crippen MR) is 399 cm³/mol. The van der Waals surface area contributed by atoms with Crippen molar-refractivity contribution in [3.63, 3.8) is 0 Å². The van der Waals surface area contributed by atoms with E-state index >= 15 is 0 Å². The Labute approximate surface area is 550 Å². The number of phenols is 6. The lowest BCUT2D eigenvalue weighted by molar-refractivity contribution is 0.372. The lowest BCUT2D eigenvalue weighted by atomic mass is 9.95. The summed E-state index contributed by atoms with van der Waals surface area (Å²) in [6, 6.07) is 32.0. The number of phenolic OH excluding ortho intramolecular Hbond substituents is 6. The van der Waals surface area contributed by atoms with Crippen molar-refractivity contribution in [1.82, 2.24) is 0 Å². The fourth-order valence-corrected chi connectivity index (χ4v) is 7.61. The van der Waals surface area contributed by atoms with Gasteiger partial charge in [-0.1, -0.05) is 244 Å². The van der Waals surface area contributed by atoms with Crippen LogP contribution in [0, 0.1) is 20.8 Å². The number of aryl methyl sites for hydroxylation is 3. The van der Waals surface area contributed by atoms with Crippen molar-refractivity contribution in [1.29, 1.82) is 0 Å². The second-order valence-corrected chi connectivity index (χ2v) is 20.5. The van der Waals surface area contributed by atoms with Gasteiger partial charge in [0, 0.05) is 0 Å². The highest BCUT2D eigenvalue weighted by atomic mass is 35.5. The fourth-order valence-electron chi connectivity index (χ4n) is 7.30. The molecule has 0 saturated carbocycles. The number of halogens is 2. The third kappa shape index (κ3) is 37.0. The van der Waals surface area contributed by atoms with Gasteiger partial charge in [0.1, 0.15) is 23.0 Å². The molecule has 0 amide bonds. The van der Waals surface area contributed by atoms with Gasteiger partial charge in [0.15, 0.2) is 23.0 Å². The van der Waals surface area contributed by atoms with Crippen LogP contribution in [0.25, 0.3) is 0 Å². The molecule has 6 N–H and O–H groups in total. The Balaban J connectivity index is -0.0000000755. The van der Waals surface area contributed by atoms with Gasteiger partial charge >= 0.3 is 0 Å². The van der Waals surface area contributed by atoms with Crippen molar-refractivity contribution in [3.8, 4) is 46.0 Å². The van der Waals surface area contributed by atoms with E-state index in [2.05, 4.69) is 101 Å². The SMILES string of the molecule is C.C.C.C.C.C.C.C.C.C.C.C.CCC(C)c1cc(C)c(O)c(C)c1.CCC(C)c1ccc(C)c(O)c1.CCC(C)c1ccc(Cl)c(O)c1.CCC(C)c1ccc(O)c(Cl)c1.CCC(C)c1ccc(O)c(OC)c1.CCC(C)c1ccc(OC)c(O)c1. The molecular formula is C77H140Cl2O8. The highest BCUT2D eigenvalue weighted by Crippen LogP contribution is 2.34. The highest BCUT2D eigenvalue weighted by Gasteiger charge is 2.11. The topological polar surface area (TPSA) is 140 Å². The predicted octanol–water partition coefficient (Wildman–Crippen LogP) is 27.3. The molecule has 0 aliphatic heterocycles. The number of hydrogen-bond donors (Lipinski definition) is 6. The summed E-state index contributed by atoms with van der Waals surface area (Å²) in [4.78, 5) is 0. The van der Waals surface area contributed by atoms with Crippen molar-refractivity contribution in [2.24, 2.45) is 0 Å². The highest BCUT2D eigenvalue weighted by molar-refractivity contribution is 6.32. The first-order valence-electron chi connectivity index (χ1n) is 26.7. The van der Waals surface area contributed by atoms with Crippen molar-refractivity contribution >= 4 is 23.2 Å². The van der Waals surface area contributed by atoms with E-state index in [4.69, 9.17) is 37.8 Å². The monoisotopic (exact) mass is 1260 g/mol. The Morgan fingerprint density at radius 1 is 0.299 bits per heavy atom. The maximum Gasteiger partial charge on any atom is 0.160 e. The number of benzene rings is 6.